The van der Waals surface area contributed by atoms with E-state index in [9.17, 15) is 4.39 Å². The van der Waals surface area contributed by atoms with E-state index in [0.717, 1.165) is 0 Å². The number of benzene rings is 1. The summed E-state index contributed by atoms with van der Waals surface area (Å²) in [6, 6.07) is 6.65. The van der Waals surface area contributed by atoms with E-state index in [2.05, 4.69) is 4.99 Å². The molecule has 0 unspecified atom stereocenters. The first-order valence-corrected chi connectivity index (χ1v) is 5.41. The molecule has 3 nitrogen and oxygen atoms in total. The molecule has 0 fully saturated rings. The summed E-state index contributed by atoms with van der Waals surface area (Å²) in [5, 5.41) is 0. The van der Waals surface area contributed by atoms with Gasteiger partial charge in [-0.05, 0) is 32.9 Å². The number of rotatable bonds is 3. The van der Waals surface area contributed by atoms with E-state index in [4.69, 9.17) is 5.73 Å². The highest BCUT2D eigenvalue weighted by molar-refractivity contribution is 5.94. The zero-order valence-electron chi connectivity index (χ0n) is 9.94. The first-order chi connectivity index (χ1) is 7.56. The van der Waals surface area contributed by atoms with Crippen LogP contribution in [0.3, 0.4) is 0 Å². The van der Waals surface area contributed by atoms with Gasteiger partial charge >= 0.3 is 0 Å². The number of nitrogens with zero attached hydrogens (tertiary/aromatic N) is 2. The van der Waals surface area contributed by atoms with Crippen LogP contribution in [0.5, 0.6) is 0 Å². The van der Waals surface area contributed by atoms with Crippen molar-refractivity contribution < 1.29 is 4.39 Å². The highest BCUT2D eigenvalue weighted by atomic mass is 19.1. The maximum Gasteiger partial charge on any atom is 0.196 e. The van der Waals surface area contributed by atoms with Crippen molar-refractivity contribution in [2.24, 2.45) is 10.7 Å². The molecule has 0 radical (unpaired) electrons. The second kappa shape index (κ2) is 5.49. The van der Waals surface area contributed by atoms with Crippen molar-refractivity contribution in [3.05, 3.63) is 30.1 Å². The molecule has 0 saturated heterocycles. The summed E-state index contributed by atoms with van der Waals surface area (Å²) in [5.41, 5.74) is 6.30. The highest BCUT2D eigenvalue weighted by Crippen LogP contribution is 2.18. The maximum atomic E-state index is 13.6. The summed E-state index contributed by atoms with van der Waals surface area (Å²) < 4.78 is 13.6. The first kappa shape index (κ1) is 12.5. The molecule has 0 heterocycles. The monoisotopic (exact) mass is 223 g/mol. The van der Waals surface area contributed by atoms with Crippen LogP contribution in [0, 0.1) is 5.82 Å². The Morgan fingerprint density at radius 2 is 2.06 bits per heavy atom. The lowest BCUT2D eigenvalue weighted by Gasteiger charge is -2.22. The lowest BCUT2D eigenvalue weighted by molar-refractivity contribution is 0.626. The van der Waals surface area contributed by atoms with E-state index in [1.54, 1.807) is 23.1 Å². The van der Waals surface area contributed by atoms with Crippen molar-refractivity contribution in [1.29, 1.82) is 0 Å². The molecule has 0 aliphatic heterocycles. The molecule has 0 bridgehead atoms. The molecule has 0 aliphatic rings. The molecule has 0 amide bonds. The van der Waals surface area contributed by atoms with Crippen LogP contribution in [0.4, 0.5) is 10.1 Å². The molecular formula is C12H18FN3. The fraction of sp³-hybridized carbons (Fsp3) is 0.417. The lowest BCUT2D eigenvalue weighted by Crippen LogP contribution is -2.38. The fourth-order valence-corrected chi connectivity index (χ4v) is 1.46. The van der Waals surface area contributed by atoms with Gasteiger partial charge in [0.25, 0.3) is 0 Å². The van der Waals surface area contributed by atoms with E-state index in [1.807, 2.05) is 20.8 Å². The Labute approximate surface area is 95.8 Å². The largest absolute Gasteiger partial charge is 0.370 e. The van der Waals surface area contributed by atoms with Crippen LogP contribution in [-0.2, 0) is 0 Å². The van der Waals surface area contributed by atoms with Crippen LogP contribution in [0.15, 0.2) is 29.3 Å². The highest BCUT2D eigenvalue weighted by Gasteiger charge is 2.12. The van der Waals surface area contributed by atoms with E-state index in [-0.39, 0.29) is 11.9 Å². The van der Waals surface area contributed by atoms with E-state index in [1.165, 1.54) is 6.07 Å². The van der Waals surface area contributed by atoms with Crippen LogP contribution < -0.4 is 10.6 Å². The van der Waals surface area contributed by atoms with Gasteiger partial charge in [0.05, 0.1) is 5.69 Å². The van der Waals surface area contributed by atoms with Gasteiger partial charge in [-0.3, -0.25) is 4.99 Å². The van der Waals surface area contributed by atoms with Crippen molar-refractivity contribution in [2.75, 3.05) is 11.4 Å². The third kappa shape index (κ3) is 2.95. The molecule has 1 rings (SSSR count). The van der Waals surface area contributed by atoms with Gasteiger partial charge in [-0.2, -0.15) is 0 Å². The van der Waals surface area contributed by atoms with Gasteiger partial charge < -0.3 is 10.6 Å². The van der Waals surface area contributed by atoms with Gasteiger partial charge in [-0.1, -0.05) is 12.1 Å². The minimum atomic E-state index is -0.286. The van der Waals surface area contributed by atoms with Gasteiger partial charge in [0.15, 0.2) is 5.96 Å². The quantitative estimate of drug-likeness (QED) is 0.631. The van der Waals surface area contributed by atoms with Gasteiger partial charge in [0.2, 0.25) is 0 Å². The van der Waals surface area contributed by atoms with Gasteiger partial charge in [-0.25, -0.2) is 4.39 Å². The predicted octanol–water partition coefficient (Wildman–Crippen LogP) is 2.38. The van der Waals surface area contributed by atoms with Crippen LogP contribution in [0.25, 0.3) is 0 Å². The third-order valence-corrected chi connectivity index (χ3v) is 2.13. The maximum absolute atomic E-state index is 13.6. The zero-order valence-corrected chi connectivity index (χ0v) is 9.94. The SMILES string of the molecule is CCN(C(N)=NC(C)C)c1ccccc1F. The number of nitrogens with two attached hydrogens (primary N) is 1. The molecule has 2 N–H and O–H groups in total. The second-order valence-electron chi connectivity index (χ2n) is 3.78. The van der Waals surface area contributed by atoms with Crippen LogP contribution in [-0.4, -0.2) is 18.5 Å². The second-order valence-corrected chi connectivity index (χ2v) is 3.78. The number of hydrogen-bond donors (Lipinski definition) is 1. The molecule has 0 saturated carbocycles. The van der Waals surface area contributed by atoms with Crippen LogP contribution >= 0.6 is 0 Å². The number of aliphatic imine (C=N–C) groups is 1. The molecular weight excluding hydrogens is 205 g/mol. The molecule has 0 spiro atoms. The minimum absolute atomic E-state index is 0.0980. The fourth-order valence-electron chi connectivity index (χ4n) is 1.46. The summed E-state index contributed by atoms with van der Waals surface area (Å²) in [5.74, 6) is 0.0638. The number of para-hydroxylation sites is 1. The molecule has 0 aromatic heterocycles. The van der Waals surface area contributed by atoms with E-state index in [0.29, 0.717) is 18.2 Å². The summed E-state index contributed by atoms with van der Waals surface area (Å²) in [7, 11) is 0. The standard InChI is InChI=1S/C12H18FN3/c1-4-16(12(14)15-9(2)3)11-8-6-5-7-10(11)13/h5-9H,4H2,1-3H3,(H2,14,15). The molecule has 88 valence electrons. The number of hydrogen-bond acceptors (Lipinski definition) is 1. The summed E-state index contributed by atoms with van der Waals surface area (Å²) >= 11 is 0. The van der Waals surface area contributed by atoms with E-state index < -0.39 is 0 Å². The van der Waals surface area contributed by atoms with Gasteiger partial charge in [0, 0.05) is 12.6 Å². The number of anilines is 1. The summed E-state index contributed by atoms with van der Waals surface area (Å²) in [6.45, 7) is 6.36. The topological polar surface area (TPSA) is 41.6 Å². The van der Waals surface area contributed by atoms with Crippen LogP contribution in [0.2, 0.25) is 0 Å². The van der Waals surface area contributed by atoms with Crippen molar-refractivity contribution in [2.45, 2.75) is 26.8 Å². The average molecular weight is 223 g/mol. The average Bonchev–Trinajstić information content (AvgIpc) is 2.20. The van der Waals surface area contributed by atoms with Crippen molar-refractivity contribution >= 4 is 11.6 Å². The predicted molar refractivity (Wildman–Crippen MR) is 66.2 cm³/mol. The summed E-state index contributed by atoms with van der Waals surface area (Å²) in [4.78, 5) is 5.88. The molecule has 1 aromatic rings. The normalized spacial score (nSPS) is 11.9. The smallest absolute Gasteiger partial charge is 0.196 e. The lowest BCUT2D eigenvalue weighted by atomic mass is 10.3. The number of halogens is 1. The zero-order chi connectivity index (χ0) is 12.1. The molecule has 1 aromatic carbocycles. The Kier molecular flexibility index (Phi) is 4.28. The minimum Gasteiger partial charge on any atom is -0.370 e. The molecule has 16 heavy (non-hydrogen) atoms. The molecule has 4 heteroatoms. The summed E-state index contributed by atoms with van der Waals surface area (Å²) in [6.07, 6.45) is 0. The molecule has 0 aliphatic carbocycles. The van der Waals surface area contributed by atoms with Gasteiger partial charge in [-0.15, -0.1) is 0 Å². The van der Waals surface area contributed by atoms with E-state index >= 15 is 0 Å². The first-order valence-electron chi connectivity index (χ1n) is 5.41. The number of guanidine groups is 1. The van der Waals surface area contributed by atoms with Gasteiger partial charge in [0.1, 0.15) is 5.82 Å². The Hall–Kier alpha value is -1.58. The third-order valence-electron chi connectivity index (χ3n) is 2.13. The van der Waals surface area contributed by atoms with Crippen LogP contribution in [0.1, 0.15) is 20.8 Å². The van der Waals surface area contributed by atoms with Crippen molar-refractivity contribution in [1.82, 2.24) is 0 Å². The molecule has 0 atom stereocenters. The van der Waals surface area contributed by atoms with Crippen molar-refractivity contribution in [3.8, 4) is 0 Å². The Bertz CT molecular complexity index is 374. The van der Waals surface area contributed by atoms with Crippen molar-refractivity contribution in [3.63, 3.8) is 0 Å². The Morgan fingerprint density at radius 3 is 2.56 bits per heavy atom. The Morgan fingerprint density at radius 1 is 1.44 bits per heavy atom. The Balaban J connectivity index is 3.04.